The molecule has 90 valence electrons. The molecule has 0 bridgehead atoms. The fourth-order valence-electron chi connectivity index (χ4n) is 1.85. The number of anilines is 1. The van der Waals surface area contributed by atoms with Crippen LogP contribution in [0, 0.1) is 6.92 Å². The largest absolute Gasteiger partial charge is 0.436 e. The van der Waals surface area contributed by atoms with E-state index in [1.807, 2.05) is 31.2 Å². The highest BCUT2D eigenvalue weighted by Crippen LogP contribution is 2.31. The van der Waals surface area contributed by atoms with Crippen molar-refractivity contribution in [2.45, 2.75) is 6.92 Å². The van der Waals surface area contributed by atoms with Gasteiger partial charge in [0.2, 0.25) is 5.89 Å². The summed E-state index contributed by atoms with van der Waals surface area (Å²) in [6, 6.07) is 11.2. The number of nitrogens with two attached hydrogens (primary N) is 1. The highest BCUT2D eigenvalue weighted by molar-refractivity contribution is 6.33. The molecule has 0 fully saturated rings. The Bertz CT molecular complexity index is 734. The summed E-state index contributed by atoms with van der Waals surface area (Å²) in [6.45, 7) is 2.01. The molecule has 0 unspecified atom stereocenters. The Balaban J connectivity index is 2.19. The zero-order chi connectivity index (χ0) is 12.7. The van der Waals surface area contributed by atoms with Gasteiger partial charge in [-0.15, -0.1) is 0 Å². The van der Waals surface area contributed by atoms with Crippen molar-refractivity contribution in [2.75, 3.05) is 5.73 Å². The number of hydrogen-bond acceptors (Lipinski definition) is 3. The standard InChI is InChI=1S/C14H11ClN2O/c1-8-2-5-12-13(6-8)18-14(17-12)10-4-3-9(16)7-11(10)15/h2-7H,16H2,1H3. The maximum absolute atomic E-state index is 6.14. The Hall–Kier alpha value is -2.00. The van der Waals surface area contributed by atoms with Crippen LogP contribution in [0.4, 0.5) is 5.69 Å². The predicted molar refractivity (Wildman–Crippen MR) is 73.6 cm³/mol. The van der Waals surface area contributed by atoms with Gasteiger partial charge >= 0.3 is 0 Å². The number of halogens is 1. The van der Waals surface area contributed by atoms with Gasteiger partial charge in [-0.05, 0) is 42.8 Å². The second kappa shape index (κ2) is 4.03. The van der Waals surface area contributed by atoms with Gasteiger partial charge in [0.05, 0.1) is 10.6 Å². The van der Waals surface area contributed by atoms with Crippen molar-refractivity contribution in [3.05, 3.63) is 47.0 Å². The molecule has 3 aromatic rings. The van der Waals surface area contributed by atoms with Gasteiger partial charge in [-0.2, -0.15) is 0 Å². The van der Waals surface area contributed by atoms with Crippen LogP contribution >= 0.6 is 11.6 Å². The van der Waals surface area contributed by atoms with Crippen LogP contribution < -0.4 is 5.73 Å². The highest BCUT2D eigenvalue weighted by atomic mass is 35.5. The lowest BCUT2D eigenvalue weighted by Crippen LogP contribution is -1.85. The van der Waals surface area contributed by atoms with E-state index in [9.17, 15) is 0 Å². The van der Waals surface area contributed by atoms with Crippen LogP contribution in [0.2, 0.25) is 5.02 Å². The monoisotopic (exact) mass is 258 g/mol. The molecule has 3 nitrogen and oxygen atoms in total. The Kier molecular flexibility index (Phi) is 2.49. The molecule has 0 saturated carbocycles. The van der Waals surface area contributed by atoms with Crippen molar-refractivity contribution >= 4 is 28.4 Å². The smallest absolute Gasteiger partial charge is 0.228 e. The van der Waals surface area contributed by atoms with Gasteiger partial charge < -0.3 is 10.2 Å². The summed E-state index contributed by atoms with van der Waals surface area (Å²) in [6.07, 6.45) is 0. The molecule has 18 heavy (non-hydrogen) atoms. The van der Waals surface area contributed by atoms with Gasteiger partial charge in [-0.1, -0.05) is 17.7 Å². The van der Waals surface area contributed by atoms with Crippen LogP contribution in [0.5, 0.6) is 0 Å². The van der Waals surface area contributed by atoms with Crippen LogP contribution in [0.3, 0.4) is 0 Å². The molecule has 3 rings (SSSR count). The van der Waals surface area contributed by atoms with Crippen molar-refractivity contribution in [1.82, 2.24) is 4.98 Å². The maximum atomic E-state index is 6.14. The minimum absolute atomic E-state index is 0.514. The summed E-state index contributed by atoms with van der Waals surface area (Å²) in [5, 5.41) is 0.540. The number of benzene rings is 2. The van der Waals surface area contributed by atoms with E-state index in [0.29, 0.717) is 16.6 Å². The first-order chi connectivity index (χ1) is 8.63. The SMILES string of the molecule is Cc1ccc2nc(-c3ccc(N)cc3Cl)oc2c1. The van der Waals surface area contributed by atoms with Crippen LogP contribution in [0.25, 0.3) is 22.6 Å². The molecule has 0 radical (unpaired) electrons. The molecule has 4 heteroatoms. The maximum Gasteiger partial charge on any atom is 0.228 e. The first kappa shape index (κ1) is 11.1. The second-order valence-electron chi connectivity index (χ2n) is 4.23. The number of hydrogen-bond donors (Lipinski definition) is 1. The summed E-state index contributed by atoms with van der Waals surface area (Å²) in [5.41, 5.74) is 9.75. The first-order valence-corrected chi connectivity index (χ1v) is 5.94. The fourth-order valence-corrected chi connectivity index (χ4v) is 2.12. The summed E-state index contributed by atoms with van der Waals surface area (Å²) in [4.78, 5) is 4.42. The average molecular weight is 259 g/mol. The quantitative estimate of drug-likeness (QED) is 0.670. The van der Waals surface area contributed by atoms with Crippen molar-refractivity contribution in [3.63, 3.8) is 0 Å². The zero-order valence-corrected chi connectivity index (χ0v) is 10.5. The van der Waals surface area contributed by atoms with Crippen molar-refractivity contribution in [1.29, 1.82) is 0 Å². The molecule has 0 saturated heterocycles. The van der Waals surface area contributed by atoms with Crippen molar-refractivity contribution in [3.8, 4) is 11.5 Å². The number of aromatic nitrogens is 1. The summed E-state index contributed by atoms with van der Waals surface area (Å²) < 4.78 is 5.72. The topological polar surface area (TPSA) is 52.0 Å². The Morgan fingerprint density at radius 2 is 2.00 bits per heavy atom. The summed E-state index contributed by atoms with van der Waals surface area (Å²) in [7, 11) is 0. The Labute approximate surface area is 109 Å². The third-order valence-electron chi connectivity index (χ3n) is 2.77. The van der Waals surface area contributed by atoms with Gasteiger partial charge in [-0.3, -0.25) is 0 Å². The minimum Gasteiger partial charge on any atom is -0.436 e. The number of oxazole rings is 1. The molecule has 0 aliphatic heterocycles. The molecule has 1 heterocycles. The predicted octanol–water partition coefficient (Wildman–Crippen LogP) is 4.04. The average Bonchev–Trinajstić information content (AvgIpc) is 2.71. The highest BCUT2D eigenvalue weighted by Gasteiger charge is 2.11. The molecule has 0 atom stereocenters. The lowest BCUT2D eigenvalue weighted by atomic mass is 10.2. The van der Waals surface area contributed by atoms with Gasteiger partial charge in [-0.25, -0.2) is 4.98 Å². The molecular weight excluding hydrogens is 248 g/mol. The van der Waals surface area contributed by atoms with Crippen LogP contribution in [-0.2, 0) is 0 Å². The lowest BCUT2D eigenvalue weighted by Gasteiger charge is -2.00. The molecule has 0 spiro atoms. The van der Waals surface area contributed by atoms with Gasteiger partial charge in [0.25, 0.3) is 0 Å². The Morgan fingerprint density at radius 3 is 2.78 bits per heavy atom. The van der Waals surface area contributed by atoms with E-state index >= 15 is 0 Å². The van der Waals surface area contributed by atoms with Gasteiger partial charge in [0.15, 0.2) is 5.58 Å². The van der Waals surface area contributed by atoms with E-state index in [4.69, 9.17) is 21.8 Å². The van der Waals surface area contributed by atoms with Crippen molar-refractivity contribution < 1.29 is 4.42 Å². The molecule has 0 aliphatic carbocycles. The third-order valence-corrected chi connectivity index (χ3v) is 3.08. The number of aryl methyl sites for hydroxylation is 1. The number of nitrogen functional groups attached to an aromatic ring is 1. The minimum atomic E-state index is 0.514. The van der Waals surface area contributed by atoms with Crippen LogP contribution in [-0.4, -0.2) is 4.98 Å². The number of rotatable bonds is 1. The van der Waals surface area contributed by atoms with Crippen LogP contribution in [0.1, 0.15) is 5.56 Å². The molecule has 2 aromatic carbocycles. The van der Waals surface area contributed by atoms with E-state index in [0.717, 1.165) is 22.2 Å². The van der Waals surface area contributed by atoms with E-state index in [1.54, 1.807) is 12.1 Å². The molecule has 2 N–H and O–H groups in total. The fraction of sp³-hybridized carbons (Fsp3) is 0.0714. The summed E-state index contributed by atoms with van der Waals surface area (Å²) >= 11 is 6.14. The van der Waals surface area contributed by atoms with Gasteiger partial charge in [0, 0.05) is 5.69 Å². The van der Waals surface area contributed by atoms with E-state index in [1.165, 1.54) is 0 Å². The first-order valence-electron chi connectivity index (χ1n) is 5.56. The zero-order valence-electron chi connectivity index (χ0n) is 9.77. The summed E-state index contributed by atoms with van der Waals surface area (Å²) in [5.74, 6) is 0.514. The number of nitrogens with zero attached hydrogens (tertiary/aromatic N) is 1. The van der Waals surface area contributed by atoms with E-state index < -0.39 is 0 Å². The third kappa shape index (κ3) is 1.83. The van der Waals surface area contributed by atoms with Gasteiger partial charge in [0.1, 0.15) is 5.52 Å². The number of fused-ring (bicyclic) bond motifs is 1. The lowest BCUT2D eigenvalue weighted by molar-refractivity contribution is 0.619. The second-order valence-corrected chi connectivity index (χ2v) is 4.64. The molecule has 1 aromatic heterocycles. The molecule has 0 aliphatic rings. The van der Waals surface area contributed by atoms with E-state index in [2.05, 4.69) is 4.98 Å². The molecule has 0 amide bonds. The van der Waals surface area contributed by atoms with Crippen molar-refractivity contribution in [2.24, 2.45) is 0 Å². The Morgan fingerprint density at radius 1 is 1.17 bits per heavy atom. The molecular formula is C14H11ClN2O. The normalized spacial score (nSPS) is 11.0. The van der Waals surface area contributed by atoms with E-state index in [-0.39, 0.29) is 0 Å². The van der Waals surface area contributed by atoms with Crippen LogP contribution in [0.15, 0.2) is 40.8 Å².